The third-order valence-corrected chi connectivity index (χ3v) is 5.10. The summed E-state index contributed by atoms with van der Waals surface area (Å²) in [5.74, 6) is 1.26. The highest BCUT2D eigenvalue weighted by Gasteiger charge is 2.23. The largest absolute Gasteiger partial charge is 0.356 e. The van der Waals surface area contributed by atoms with Crippen molar-refractivity contribution in [2.45, 2.75) is 32.7 Å². The Labute approximate surface area is 142 Å². The number of rotatable bonds is 5. The average Bonchev–Trinajstić information content (AvgIpc) is 2.97. The van der Waals surface area contributed by atoms with Gasteiger partial charge in [-0.3, -0.25) is 0 Å². The SMILES string of the molecule is CC(C)n1ccc2c(N3CCC(CNS(N)(=O)=O)CC3)ncnc21. The van der Waals surface area contributed by atoms with Crippen molar-refractivity contribution in [3.05, 3.63) is 18.6 Å². The Morgan fingerprint density at radius 3 is 2.67 bits per heavy atom. The molecule has 0 bridgehead atoms. The molecule has 0 saturated carbocycles. The number of nitrogens with one attached hydrogen (secondary N) is 1. The van der Waals surface area contributed by atoms with Gasteiger partial charge in [0.1, 0.15) is 17.8 Å². The number of hydrogen-bond donors (Lipinski definition) is 2. The predicted octanol–water partition coefficient (Wildman–Crippen LogP) is 1.02. The van der Waals surface area contributed by atoms with Crippen molar-refractivity contribution in [1.82, 2.24) is 19.3 Å². The van der Waals surface area contributed by atoms with Gasteiger partial charge in [0.2, 0.25) is 0 Å². The van der Waals surface area contributed by atoms with E-state index in [0.29, 0.717) is 18.5 Å². The summed E-state index contributed by atoms with van der Waals surface area (Å²) >= 11 is 0. The van der Waals surface area contributed by atoms with E-state index in [1.807, 2.05) is 0 Å². The summed E-state index contributed by atoms with van der Waals surface area (Å²) in [7, 11) is -3.61. The van der Waals surface area contributed by atoms with E-state index in [1.165, 1.54) is 0 Å². The Hall–Kier alpha value is -1.71. The normalized spacial score (nSPS) is 17.1. The van der Waals surface area contributed by atoms with E-state index in [1.54, 1.807) is 6.33 Å². The van der Waals surface area contributed by atoms with Gasteiger partial charge in [0.15, 0.2) is 0 Å². The van der Waals surface area contributed by atoms with Gasteiger partial charge in [-0.05, 0) is 38.7 Å². The Morgan fingerprint density at radius 2 is 2.04 bits per heavy atom. The van der Waals surface area contributed by atoms with E-state index in [0.717, 1.165) is 42.8 Å². The Balaban J connectivity index is 1.72. The number of nitrogens with two attached hydrogens (primary N) is 1. The van der Waals surface area contributed by atoms with E-state index < -0.39 is 10.2 Å². The third-order valence-electron chi connectivity index (χ3n) is 4.53. The van der Waals surface area contributed by atoms with Crippen LogP contribution in [0.3, 0.4) is 0 Å². The quantitative estimate of drug-likeness (QED) is 0.836. The van der Waals surface area contributed by atoms with Gasteiger partial charge in [0.25, 0.3) is 10.2 Å². The maximum atomic E-state index is 11.0. The van der Waals surface area contributed by atoms with Gasteiger partial charge in [0, 0.05) is 31.9 Å². The minimum Gasteiger partial charge on any atom is -0.356 e. The lowest BCUT2D eigenvalue weighted by molar-refractivity contribution is 0.401. The summed E-state index contributed by atoms with van der Waals surface area (Å²) in [5, 5.41) is 6.05. The second-order valence-electron chi connectivity index (χ2n) is 6.58. The molecule has 24 heavy (non-hydrogen) atoms. The zero-order chi connectivity index (χ0) is 17.3. The Kier molecular flexibility index (Phi) is 4.75. The summed E-state index contributed by atoms with van der Waals surface area (Å²) in [5.41, 5.74) is 0.952. The van der Waals surface area contributed by atoms with Crippen molar-refractivity contribution in [2.24, 2.45) is 11.1 Å². The fourth-order valence-electron chi connectivity index (χ4n) is 3.21. The van der Waals surface area contributed by atoms with Crippen LogP contribution in [0.25, 0.3) is 11.0 Å². The highest BCUT2D eigenvalue weighted by atomic mass is 32.2. The maximum absolute atomic E-state index is 11.0. The topological polar surface area (TPSA) is 106 Å². The zero-order valence-electron chi connectivity index (χ0n) is 14.0. The van der Waals surface area contributed by atoms with Crippen LogP contribution in [0, 0.1) is 5.92 Å². The molecular formula is C15H24N6O2S. The van der Waals surface area contributed by atoms with Crippen LogP contribution in [-0.4, -0.2) is 42.6 Å². The molecule has 2 aromatic heterocycles. The minimum absolute atomic E-state index is 0.303. The third kappa shape index (κ3) is 3.68. The molecule has 0 aromatic carbocycles. The van der Waals surface area contributed by atoms with Crippen molar-refractivity contribution >= 4 is 27.1 Å². The number of anilines is 1. The minimum atomic E-state index is -3.61. The van der Waals surface area contributed by atoms with Gasteiger partial charge in [-0.25, -0.2) is 19.8 Å². The van der Waals surface area contributed by atoms with E-state index in [2.05, 4.69) is 50.3 Å². The summed E-state index contributed by atoms with van der Waals surface area (Å²) in [4.78, 5) is 11.2. The monoisotopic (exact) mass is 352 g/mol. The Morgan fingerprint density at radius 1 is 1.33 bits per heavy atom. The molecule has 0 atom stereocenters. The number of fused-ring (bicyclic) bond motifs is 1. The van der Waals surface area contributed by atoms with Crippen LogP contribution in [0.2, 0.25) is 0 Å². The number of hydrogen-bond acceptors (Lipinski definition) is 5. The van der Waals surface area contributed by atoms with Crippen LogP contribution >= 0.6 is 0 Å². The van der Waals surface area contributed by atoms with Crippen molar-refractivity contribution in [3.63, 3.8) is 0 Å². The standard InChI is InChI=1S/C15H24N6O2S/c1-11(2)21-8-5-13-14(17-10-18-15(13)21)20-6-3-12(4-7-20)9-19-24(16,22)23/h5,8,10-12,19H,3-4,6-7,9H2,1-2H3,(H2,16,22,23). The van der Waals surface area contributed by atoms with Gasteiger partial charge in [-0.1, -0.05) is 0 Å². The first-order valence-corrected chi connectivity index (χ1v) is 9.73. The highest BCUT2D eigenvalue weighted by molar-refractivity contribution is 7.87. The molecule has 0 amide bonds. The van der Waals surface area contributed by atoms with Crippen LogP contribution in [0.15, 0.2) is 18.6 Å². The summed E-state index contributed by atoms with van der Waals surface area (Å²) in [6.07, 6.45) is 5.47. The lowest BCUT2D eigenvalue weighted by Gasteiger charge is -2.33. The smallest absolute Gasteiger partial charge is 0.274 e. The predicted molar refractivity (Wildman–Crippen MR) is 94.0 cm³/mol. The molecule has 0 radical (unpaired) electrons. The summed E-state index contributed by atoms with van der Waals surface area (Å²) < 4.78 is 26.5. The second kappa shape index (κ2) is 6.66. The lowest BCUT2D eigenvalue weighted by Crippen LogP contribution is -2.40. The van der Waals surface area contributed by atoms with Crippen LogP contribution in [-0.2, 0) is 10.2 Å². The molecule has 0 spiro atoms. The fourth-order valence-corrected chi connectivity index (χ4v) is 3.68. The van der Waals surface area contributed by atoms with Crippen LogP contribution in [0.1, 0.15) is 32.7 Å². The average molecular weight is 352 g/mol. The maximum Gasteiger partial charge on any atom is 0.274 e. The first-order chi connectivity index (χ1) is 11.3. The molecule has 1 fully saturated rings. The first-order valence-electron chi connectivity index (χ1n) is 8.19. The highest BCUT2D eigenvalue weighted by Crippen LogP contribution is 2.29. The lowest BCUT2D eigenvalue weighted by atomic mass is 9.97. The fraction of sp³-hybridized carbons (Fsp3) is 0.600. The van der Waals surface area contributed by atoms with Gasteiger partial charge in [0.05, 0.1) is 5.39 Å². The van der Waals surface area contributed by atoms with Gasteiger partial charge in [-0.2, -0.15) is 8.42 Å². The molecule has 9 heteroatoms. The molecule has 2 aromatic rings. The van der Waals surface area contributed by atoms with Gasteiger partial charge < -0.3 is 9.47 Å². The molecule has 1 saturated heterocycles. The summed E-state index contributed by atoms with van der Waals surface area (Å²) in [6, 6.07) is 2.42. The van der Waals surface area contributed by atoms with Gasteiger partial charge >= 0.3 is 0 Å². The molecule has 8 nitrogen and oxygen atoms in total. The molecule has 132 valence electrons. The molecule has 0 aliphatic carbocycles. The molecule has 3 N–H and O–H groups in total. The zero-order valence-corrected chi connectivity index (χ0v) is 14.8. The van der Waals surface area contributed by atoms with E-state index >= 15 is 0 Å². The first kappa shape index (κ1) is 17.1. The molecule has 3 heterocycles. The van der Waals surface area contributed by atoms with Crippen LogP contribution in [0.4, 0.5) is 5.82 Å². The number of piperidine rings is 1. The van der Waals surface area contributed by atoms with E-state index in [9.17, 15) is 8.42 Å². The van der Waals surface area contributed by atoms with Crippen LogP contribution < -0.4 is 14.8 Å². The van der Waals surface area contributed by atoms with Crippen molar-refractivity contribution in [1.29, 1.82) is 0 Å². The molecule has 0 unspecified atom stereocenters. The molecular weight excluding hydrogens is 328 g/mol. The Bertz CT molecular complexity index is 808. The van der Waals surface area contributed by atoms with Crippen molar-refractivity contribution in [3.8, 4) is 0 Å². The number of nitrogens with zero attached hydrogens (tertiary/aromatic N) is 4. The molecule has 3 rings (SSSR count). The van der Waals surface area contributed by atoms with Gasteiger partial charge in [-0.15, -0.1) is 0 Å². The van der Waals surface area contributed by atoms with E-state index in [-0.39, 0.29) is 0 Å². The number of aromatic nitrogens is 3. The second-order valence-corrected chi connectivity index (χ2v) is 7.95. The van der Waals surface area contributed by atoms with Crippen molar-refractivity contribution < 1.29 is 8.42 Å². The van der Waals surface area contributed by atoms with Crippen LogP contribution in [0.5, 0.6) is 0 Å². The van der Waals surface area contributed by atoms with Crippen molar-refractivity contribution in [2.75, 3.05) is 24.5 Å². The molecule has 1 aliphatic heterocycles. The molecule has 1 aliphatic rings. The van der Waals surface area contributed by atoms with E-state index in [4.69, 9.17) is 5.14 Å². The summed E-state index contributed by atoms with van der Waals surface area (Å²) in [6.45, 7) is 6.35.